The number of unbranched alkanes of at least 4 members (excludes halogenated alkanes) is 2. The first kappa shape index (κ1) is 19.8. The molecule has 1 aromatic rings. The molecule has 0 aliphatic heterocycles. The smallest absolute Gasteiger partial charge is 0.270 e. The normalized spacial score (nSPS) is 9.52. The molecule has 1 rings (SSSR count). The van der Waals surface area contributed by atoms with Crippen LogP contribution in [0, 0.1) is 10.1 Å². The second-order valence-electron chi connectivity index (χ2n) is 3.97. The summed E-state index contributed by atoms with van der Waals surface area (Å²) in [6.45, 7) is 2.17. The lowest BCUT2D eigenvalue weighted by Crippen LogP contribution is -1.98. The molecule has 0 aliphatic carbocycles. The van der Waals surface area contributed by atoms with Gasteiger partial charge < -0.3 is 0 Å². The van der Waals surface area contributed by atoms with Crippen molar-refractivity contribution in [1.82, 2.24) is 0 Å². The Hall–Kier alpha value is -1.17. The molecule has 0 aromatic heterocycles. The van der Waals surface area contributed by atoms with E-state index < -0.39 is 21.1 Å². The first-order chi connectivity index (χ1) is 9.83. The van der Waals surface area contributed by atoms with Crippen molar-refractivity contribution in [3.8, 4) is 0 Å². The first-order valence-corrected chi connectivity index (χ1v) is 7.37. The van der Waals surface area contributed by atoms with Crippen LogP contribution in [-0.2, 0) is 0 Å². The summed E-state index contributed by atoms with van der Waals surface area (Å²) in [5.41, 5.74) is -0.699. The second kappa shape index (κ2) is 10.5. The Morgan fingerprint density at radius 2 is 1.57 bits per heavy atom. The fourth-order valence-electron chi connectivity index (χ4n) is 1.29. The van der Waals surface area contributed by atoms with Gasteiger partial charge in [0.15, 0.2) is 0 Å². The Kier molecular flexibility index (Phi) is 9.95. The number of hydrogen-bond donors (Lipinski definition) is 0. The van der Waals surface area contributed by atoms with Crippen LogP contribution in [0.15, 0.2) is 18.2 Å². The summed E-state index contributed by atoms with van der Waals surface area (Å²) in [6.07, 6.45) is 3.73. The van der Waals surface area contributed by atoms with E-state index in [1.54, 1.807) is 0 Å². The van der Waals surface area contributed by atoms with E-state index in [2.05, 4.69) is 6.92 Å². The maximum atomic E-state index is 10.8. The van der Waals surface area contributed by atoms with Gasteiger partial charge in [-0.1, -0.05) is 19.8 Å². The topological polar surface area (TPSA) is 77.3 Å². The molecular weight excluding hydrogens is 341 g/mol. The van der Waals surface area contributed by atoms with E-state index in [0.717, 1.165) is 24.1 Å². The molecule has 0 unspecified atom stereocenters. The number of carbonyl (C=O) groups is 2. The molecule has 1 aromatic carbocycles. The summed E-state index contributed by atoms with van der Waals surface area (Å²) in [5, 5.41) is 8.67. The van der Waals surface area contributed by atoms with Gasteiger partial charge in [-0.05, 0) is 35.7 Å². The van der Waals surface area contributed by atoms with Gasteiger partial charge in [0, 0.05) is 29.1 Å². The number of rotatable bonds is 6. The largest absolute Gasteiger partial charge is 0.276 e. The fraction of sp³-hybridized carbons (Fsp3) is 0.385. The van der Waals surface area contributed by atoms with Gasteiger partial charge in [0.2, 0.25) is 0 Å². The molecule has 8 heteroatoms. The Morgan fingerprint density at radius 3 is 1.81 bits per heavy atom. The van der Waals surface area contributed by atoms with Gasteiger partial charge in [-0.3, -0.25) is 19.7 Å². The first-order valence-electron chi connectivity index (χ1n) is 6.08. The zero-order chi connectivity index (χ0) is 16.4. The zero-order valence-electron chi connectivity index (χ0n) is 11.3. The third-order valence-electron chi connectivity index (χ3n) is 2.32. The van der Waals surface area contributed by atoms with E-state index >= 15 is 0 Å². The molecule has 0 N–H and O–H groups in total. The molecule has 0 radical (unpaired) electrons. The van der Waals surface area contributed by atoms with Crippen LogP contribution < -0.4 is 0 Å². The van der Waals surface area contributed by atoms with Gasteiger partial charge in [0.25, 0.3) is 16.2 Å². The van der Waals surface area contributed by atoms with Crippen LogP contribution in [0.3, 0.4) is 0 Å². The summed E-state index contributed by atoms with van der Waals surface area (Å²) in [5.74, 6) is 0.827. The van der Waals surface area contributed by atoms with Gasteiger partial charge in [-0.25, -0.2) is 0 Å². The van der Waals surface area contributed by atoms with Gasteiger partial charge in [0.1, 0.15) is 0 Å². The minimum absolute atomic E-state index is 0.144. The van der Waals surface area contributed by atoms with E-state index in [1.165, 1.54) is 19.3 Å². The summed E-state index contributed by atoms with van der Waals surface area (Å²) in [6, 6.07) is 3.04. The Bertz CT molecular complexity index is 437. The molecule has 0 heterocycles. The van der Waals surface area contributed by atoms with Crippen molar-refractivity contribution in [2.45, 2.75) is 26.2 Å². The number of alkyl halides is 1. The van der Waals surface area contributed by atoms with Crippen molar-refractivity contribution in [3.63, 3.8) is 0 Å². The van der Waals surface area contributed by atoms with Gasteiger partial charge in [-0.2, -0.15) is 0 Å². The van der Waals surface area contributed by atoms with E-state index in [0.29, 0.717) is 0 Å². The van der Waals surface area contributed by atoms with Crippen molar-refractivity contribution in [3.05, 3.63) is 39.4 Å². The monoisotopic (exact) mass is 353 g/mol. The predicted molar refractivity (Wildman–Crippen MR) is 83.7 cm³/mol. The third kappa shape index (κ3) is 7.99. The van der Waals surface area contributed by atoms with Crippen molar-refractivity contribution >= 4 is 51.0 Å². The number of benzene rings is 1. The Morgan fingerprint density at radius 1 is 1.10 bits per heavy atom. The van der Waals surface area contributed by atoms with Gasteiger partial charge in [0.05, 0.1) is 4.92 Å². The summed E-state index contributed by atoms with van der Waals surface area (Å²) in [4.78, 5) is 31.3. The number of nitro benzene ring substituents is 1. The SMILES string of the molecule is CCCCCCl.O=C(Cl)c1cc(C(=O)Cl)cc([N+](=O)[O-])c1. The average Bonchev–Trinajstić information content (AvgIpc) is 2.45. The number of nitrogens with zero attached hydrogens (tertiary/aromatic N) is 1. The van der Waals surface area contributed by atoms with Crippen LogP contribution in [0.4, 0.5) is 5.69 Å². The quantitative estimate of drug-likeness (QED) is 0.242. The lowest BCUT2D eigenvalue weighted by Gasteiger charge is -1.98. The minimum atomic E-state index is -0.891. The van der Waals surface area contributed by atoms with Crippen LogP contribution >= 0.6 is 34.8 Å². The molecule has 116 valence electrons. The van der Waals surface area contributed by atoms with E-state index in [1.807, 2.05) is 0 Å². The summed E-state index contributed by atoms with van der Waals surface area (Å²) >= 11 is 15.7. The minimum Gasteiger partial charge on any atom is -0.276 e. The molecule has 0 bridgehead atoms. The highest BCUT2D eigenvalue weighted by molar-refractivity contribution is 6.69. The van der Waals surface area contributed by atoms with Crippen LogP contribution in [-0.4, -0.2) is 21.3 Å². The molecular formula is C13H14Cl3NO4. The van der Waals surface area contributed by atoms with Crippen LogP contribution in [0.5, 0.6) is 0 Å². The predicted octanol–water partition coefficient (Wildman–Crippen LogP) is 4.77. The number of carbonyl (C=O) groups excluding carboxylic acids is 2. The summed E-state index contributed by atoms with van der Waals surface area (Å²) in [7, 11) is 0. The van der Waals surface area contributed by atoms with Crippen molar-refractivity contribution < 1.29 is 14.5 Å². The molecule has 0 saturated heterocycles. The van der Waals surface area contributed by atoms with Crippen molar-refractivity contribution in [1.29, 1.82) is 0 Å². The Balaban J connectivity index is 0.000000567. The van der Waals surface area contributed by atoms with Crippen LogP contribution in [0.25, 0.3) is 0 Å². The average molecular weight is 355 g/mol. The summed E-state index contributed by atoms with van der Waals surface area (Å²) < 4.78 is 0. The van der Waals surface area contributed by atoms with Crippen LogP contribution in [0.1, 0.15) is 46.9 Å². The van der Waals surface area contributed by atoms with Crippen molar-refractivity contribution in [2.24, 2.45) is 0 Å². The maximum absolute atomic E-state index is 10.8. The lowest BCUT2D eigenvalue weighted by atomic mass is 10.1. The van der Waals surface area contributed by atoms with Crippen LogP contribution in [0.2, 0.25) is 0 Å². The molecule has 0 spiro atoms. The van der Waals surface area contributed by atoms with E-state index in [4.69, 9.17) is 34.8 Å². The fourth-order valence-corrected chi connectivity index (χ4v) is 1.70. The van der Waals surface area contributed by atoms with Crippen molar-refractivity contribution in [2.75, 3.05) is 5.88 Å². The van der Waals surface area contributed by atoms with Gasteiger partial charge in [-0.15, -0.1) is 11.6 Å². The molecule has 0 amide bonds. The molecule has 5 nitrogen and oxygen atoms in total. The molecule has 21 heavy (non-hydrogen) atoms. The van der Waals surface area contributed by atoms with Gasteiger partial charge >= 0.3 is 0 Å². The standard InChI is InChI=1S/C8H3Cl2NO4.C5H11Cl/c9-7(12)4-1-5(8(10)13)3-6(2-4)11(14)15;1-2-3-4-5-6/h1-3H;2-5H2,1H3. The molecule has 0 aliphatic rings. The molecule has 0 saturated carbocycles. The maximum Gasteiger partial charge on any atom is 0.270 e. The zero-order valence-corrected chi connectivity index (χ0v) is 13.5. The lowest BCUT2D eigenvalue weighted by molar-refractivity contribution is -0.384. The number of non-ortho nitro benzene ring substituents is 1. The number of hydrogen-bond acceptors (Lipinski definition) is 4. The number of halogens is 3. The Labute approximate surface area is 137 Å². The van der Waals surface area contributed by atoms with E-state index in [9.17, 15) is 19.7 Å². The highest BCUT2D eigenvalue weighted by Gasteiger charge is 2.15. The third-order valence-corrected chi connectivity index (χ3v) is 3.02. The highest BCUT2D eigenvalue weighted by atomic mass is 35.5. The molecule has 0 fully saturated rings. The second-order valence-corrected chi connectivity index (χ2v) is 5.03. The molecule has 0 atom stereocenters. The highest BCUT2D eigenvalue weighted by Crippen LogP contribution is 2.19. The van der Waals surface area contributed by atoms with E-state index in [-0.39, 0.29) is 11.1 Å². The number of nitro groups is 1.